The molecular weight excluding hydrogens is 384 g/mol. The maximum atomic E-state index is 6.13. The first kappa shape index (κ1) is 18.3. The van der Waals surface area contributed by atoms with Gasteiger partial charge in [0.1, 0.15) is 6.33 Å². The molecule has 1 saturated heterocycles. The molecule has 1 fully saturated rings. The summed E-state index contributed by atoms with van der Waals surface area (Å²) in [5.41, 5.74) is 2.05. The summed E-state index contributed by atoms with van der Waals surface area (Å²) < 4.78 is 1.74. The Balaban J connectivity index is 1.48. The molecule has 29 heavy (non-hydrogen) atoms. The SMILES string of the molecule is Clc1ccc(C(CNc2nn3cnnc3c3ccccc23)N2CCCCC2)cc1. The molecule has 2 aromatic heterocycles. The van der Waals surface area contributed by atoms with Gasteiger partial charge in [0.25, 0.3) is 0 Å². The van der Waals surface area contributed by atoms with E-state index in [9.17, 15) is 0 Å². The number of nitrogens with one attached hydrogen (secondary N) is 1. The minimum absolute atomic E-state index is 0.268. The molecule has 1 atom stereocenters. The van der Waals surface area contributed by atoms with Crippen molar-refractivity contribution in [1.29, 1.82) is 0 Å². The van der Waals surface area contributed by atoms with E-state index in [0.717, 1.165) is 46.9 Å². The number of piperidine rings is 1. The van der Waals surface area contributed by atoms with Crippen LogP contribution in [0.25, 0.3) is 16.4 Å². The van der Waals surface area contributed by atoms with Gasteiger partial charge in [0.15, 0.2) is 11.5 Å². The van der Waals surface area contributed by atoms with Gasteiger partial charge >= 0.3 is 0 Å². The molecule has 0 bridgehead atoms. The van der Waals surface area contributed by atoms with Crippen LogP contribution in [0.4, 0.5) is 5.82 Å². The van der Waals surface area contributed by atoms with Crippen molar-refractivity contribution in [2.24, 2.45) is 0 Å². The molecule has 1 unspecified atom stereocenters. The lowest BCUT2D eigenvalue weighted by atomic mass is 10.0. The zero-order valence-corrected chi connectivity index (χ0v) is 16.9. The second-order valence-electron chi connectivity index (χ2n) is 7.54. The molecule has 1 aliphatic rings. The molecule has 2 aromatic carbocycles. The van der Waals surface area contributed by atoms with Gasteiger partial charge in [-0.25, -0.2) is 0 Å². The molecule has 148 valence electrons. The summed E-state index contributed by atoms with van der Waals surface area (Å²) >= 11 is 6.13. The van der Waals surface area contributed by atoms with E-state index < -0.39 is 0 Å². The number of aromatic nitrogens is 4. The van der Waals surface area contributed by atoms with Gasteiger partial charge in [-0.2, -0.15) is 4.52 Å². The average molecular weight is 407 g/mol. The summed E-state index contributed by atoms with van der Waals surface area (Å²) in [5.74, 6) is 0.851. The van der Waals surface area contributed by atoms with Gasteiger partial charge in [-0.05, 0) is 43.6 Å². The average Bonchev–Trinajstić information content (AvgIpc) is 3.25. The number of hydrogen-bond donors (Lipinski definition) is 1. The maximum Gasteiger partial charge on any atom is 0.185 e. The fourth-order valence-corrected chi connectivity index (χ4v) is 4.35. The van der Waals surface area contributed by atoms with Crippen molar-refractivity contribution >= 4 is 33.8 Å². The van der Waals surface area contributed by atoms with Crippen molar-refractivity contribution in [3.63, 3.8) is 0 Å². The van der Waals surface area contributed by atoms with Crippen LogP contribution in [-0.2, 0) is 0 Å². The Labute approximate surface area is 174 Å². The first-order valence-electron chi connectivity index (χ1n) is 10.1. The Morgan fingerprint density at radius 3 is 2.52 bits per heavy atom. The standard InChI is InChI=1S/C22H23ClN6/c23-17-10-8-16(9-11-17)20(28-12-4-1-5-13-28)14-24-21-18-6-2-3-7-19(18)22-26-25-15-29(22)27-21/h2-3,6-11,15,20H,1,4-5,12-14H2,(H,24,27). The number of benzene rings is 2. The minimum Gasteiger partial charge on any atom is -0.366 e. The summed E-state index contributed by atoms with van der Waals surface area (Å²) in [7, 11) is 0. The third-order valence-electron chi connectivity index (χ3n) is 5.71. The van der Waals surface area contributed by atoms with Gasteiger partial charge < -0.3 is 5.32 Å². The molecule has 7 heteroatoms. The molecule has 0 saturated carbocycles. The maximum absolute atomic E-state index is 6.13. The third kappa shape index (κ3) is 3.66. The van der Waals surface area contributed by atoms with E-state index in [0.29, 0.717) is 0 Å². The Morgan fingerprint density at radius 1 is 0.966 bits per heavy atom. The second kappa shape index (κ2) is 7.97. The van der Waals surface area contributed by atoms with Crippen LogP contribution >= 0.6 is 11.6 Å². The van der Waals surface area contributed by atoms with Crippen molar-refractivity contribution < 1.29 is 0 Å². The van der Waals surface area contributed by atoms with Crippen LogP contribution in [0.2, 0.25) is 5.02 Å². The summed E-state index contributed by atoms with van der Waals surface area (Å²) in [6.45, 7) is 3.01. The first-order valence-corrected chi connectivity index (χ1v) is 10.5. The number of halogens is 1. The van der Waals surface area contributed by atoms with E-state index in [2.05, 4.69) is 44.7 Å². The smallest absolute Gasteiger partial charge is 0.185 e. The lowest BCUT2D eigenvalue weighted by Gasteiger charge is -2.35. The topological polar surface area (TPSA) is 58.4 Å². The normalized spacial score (nSPS) is 16.3. The largest absolute Gasteiger partial charge is 0.366 e. The second-order valence-corrected chi connectivity index (χ2v) is 7.97. The van der Waals surface area contributed by atoms with E-state index >= 15 is 0 Å². The highest BCUT2D eigenvalue weighted by molar-refractivity contribution is 6.30. The van der Waals surface area contributed by atoms with Crippen LogP contribution in [0.15, 0.2) is 54.9 Å². The van der Waals surface area contributed by atoms with Crippen molar-refractivity contribution in [2.45, 2.75) is 25.3 Å². The highest BCUT2D eigenvalue weighted by atomic mass is 35.5. The molecular formula is C22H23ClN6. The Bertz CT molecular complexity index is 1120. The zero-order chi connectivity index (χ0) is 19.6. The van der Waals surface area contributed by atoms with Crippen LogP contribution in [0.3, 0.4) is 0 Å². The van der Waals surface area contributed by atoms with E-state index in [1.54, 1.807) is 10.8 Å². The van der Waals surface area contributed by atoms with Gasteiger partial charge in [0.2, 0.25) is 0 Å². The molecule has 1 aliphatic heterocycles. The molecule has 3 heterocycles. The molecule has 0 amide bonds. The number of hydrogen-bond acceptors (Lipinski definition) is 5. The zero-order valence-electron chi connectivity index (χ0n) is 16.1. The number of anilines is 1. The van der Waals surface area contributed by atoms with Gasteiger partial charge in [-0.15, -0.1) is 15.3 Å². The Hall–Kier alpha value is -2.70. The predicted octanol–water partition coefficient (Wildman–Crippen LogP) is 4.57. The molecule has 6 nitrogen and oxygen atoms in total. The lowest BCUT2D eigenvalue weighted by Crippen LogP contribution is -2.37. The van der Waals surface area contributed by atoms with Crippen molar-refractivity contribution in [3.05, 3.63) is 65.4 Å². The third-order valence-corrected chi connectivity index (χ3v) is 5.96. The molecule has 1 N–H and O–H groups in total. The highest BCUT2D eigenvalue weighted by Crippen LogP contribution is 2.28. The van der Waals surface area contributed by atoms with Crippen LogP contribution in [0, 0.1) is 0 Å². The molecule has 0 aliphatic carbocycles. The van der Waals surface area contributed by atoms with Gasteiger partial charge in [-0.1, -0.05) is 54.4 Å². The predicted molar refractivity (Wildman–Crippen MR) is 116 cm³/mol. The molecule has 0 spiro atoms. The molecule has 0 radical (unpaired) electrons. The van der Waals surface area contributed by atoms with E-state index in [4.69, 9.17) is 16.7 Å². The van der Waals surface area contributed by atoms with Gasteiger partial charge in [0.05, 0.1) is 6.04 Å². The van der Waals surface area contributed by atoms with Crippen molar-refractivity contribution in [3.8, 4) is 0 Å². The van der Waals surface area contributed by atoms with E-state index in [1.165, 1.54) is 24.8 Å². The number of fused-ring (bicyclic) bond motifs is 3. The summed E-state index contributed by atoms with van der Waals surface area (Å²) in [4.78, 5) is 2.57. The summed E-state index contributed by atoms with van der Waals surface area (Å²) in [6, 6.07) is 16.7. The monoisotopic (exact) mass is 406 g/mol. The summed E-state index contributed by atoms with van der Waals surface area (Å²) in [6.07, 6.45) is 5.46. The number of likely N-dealkylation sites (tertiary alicyclic amines) is 1. The van der Waals surface area contributed by atoms with Crippen LogP contribution in [0.5, 0.6) is 0 Å². The molecule has 5 rings (SSSR count). The van der Waals surface area contributed by atoms with Crippen LogP contribution in [-0.4, -0.2) is 44.3 Å². The number of nitrogens with zero attached hydrogens (tertiary/aromatic N) is 5. The summed E-state index contributed by atoms with van der Waals surface area (Å²) in [5, 5.41) is 19.5. The fourth-order valence-electron chi connectivity index (χ4n) is 4.22. The van der Waals surface area contributed by atoms with Crippen LogP contribution < -0.4 is 5.32 Å². The van der Waals surface area contributed by atoms with Gasteiger partial charge in [-0.3, -0.25) is 4.90 Å². The Kier molecular flexibility index (Phi) is 5.04. The van der Waals surface area contributed by atoms with Crippen LogP contribution in [0.1, 0.15) is 30.9 Å². The Morgan fingerprint density at radius 2 is 1.72 bits per heavy atom. The van der Waals surface area contributed by atoms with E-state index in [-0.39, 0.29) is 6.04 Å². The van der Waals surface area contributed by atoms with Gasteiger partial charge in [0, 0.05) is 22.3 Å². The first-order chi connectivity index (χ1) is 14.3. The molecule has 4 aromatic rings. The highest BCUT2D eigenvalue weighted by Gasteiger charge is 2.23. The van der Waals surface area contributed by atoms with E-state index in [1.807, 2.05) is 24.3 Å². The van der Waals surface area contributed by atoms with Crippen molar-refractivity contribution in [1.82, 2.24) is 24.7 Å². The minimum atomic E-state index is 0.268. The number of rotatable bonds is 5. The lowest BCUT2D eigenvalue weighted by molar-refractivity contribution is 0.170. The fraction of sp³-hybridized carbons (Fsp3) is 0.318. The van der Waals surface area contributed by atoms with Crippen molar-refractivity contribution in [2.75, 3.05) is 25.0 Å². The quantitative estimate of drug-likeness (QED) is 0.526.